The molecule has 2 aromatic rings. The predicted octanol–water partition coefficient (Wildman–Crippen LogP) is 3.60. The van der Waals surface area contributed by atoms with E-state index >= 15 is 0 Å². The van der Waals surface area contributed by atoms with Gasteiger partial charge in [-0.1, -0.05) is 13.3 Å². The summed E-state index contributed by atoms with van der Waals surface area (Å²) < 4.78 is 5.37. The van der Waals surface area contributed by atoms with Crippen molar-refractivity contribution in [1.82, 2.24) is 19.3 Å². The van der Waals surface area contributed by atoms with Gasteiger partial charge in [0, 0.05) is 13.1 Å². The van der Waals surface area contributed by atoms with Crippen molar-refractivity contribution in [3.63, 3.8) is 0 Å². The van der Waals surface area contributed by atoms with Crippen LogP contribution in [0.4, 0.5) is 0 Å². The third-order valence-electron chi connectivity index (χ3n) is 6.25. The van der Waals surface area contributed by atoms with E-state index in [0.29, 0.717) is 6.04 Å². The third kappa shape index (κ3) is 1.46. The smallest absolute Gasteiger partial charge is 0.179 e. The van der Waals surface area contributed by atoms with Gasteiger partial charge in [-0.15, -0.1) is 0 Å². The van der Waals surface area contributed by atoms with E-state index in [0.717, 1.165) is 41.3 Å². The van der Waals surface area contributed by atoms with Crippen LogP contribution in [-0.4, -0.2) is 19.3 Å². The van der Waals surface area contributed by atoms with Crippen LogP contribution in [0.2, 0.25) is 0 Å². The fourth-order valence-electron chi connectivity index (χ4n) is 5.55. The number of rotatable bonds is 3. The van der Waals surface area contributed by atoms with Gasteiger partial charge < -0.3 is 4.98 Å². The zero-order chi connectivity index (χ0) is 14.3. The summed E-state index contributed by atoms with van der Waals surface area (Å²) in [6.45, 7) is 2.20. The van der Waals surface area contributed by atoms with Gasteiger partial charge in [-0.3, -0.25) is 9.25 Å². The molecule has 112 valence electrons. The van der Waals surface area contributed by atoms with Crippen molar-refractivity contribution < 1.29 is 0 Å². The van der Waals surface area contributed by atoms with Gasteiger partial charge in [-0.05, 0) is 61.6 Å². The van der Waals surface area contributed by atoms with Gasteiger partial charge in [0.15, 0.2) is 10.4 Å². The van der Waals surface area contributed by atoms with Gasteiger partial charge in [0.1, 0.15) is 5.52 Å². The Morgan fingerprint density at radius 1 is 1.29 bits per heavy atom. The summed E-state index contributed by atoms with van der Waals surface area (Å²) in [5.41, 5.74) is 3.58. The van der Waals surface area contributed by atoms with Crippen molar-refractivity contribution in [1.29, 1.82) is 0 Å². The molecule has 0 aromatic carbocycles. The maximum Gasteiger partial charge on any atom is 0.179 e. The highest BCUT2D eigenvalue weighted by molar-refractivity contribution is 7.71. The SMILES string of the molecule is CCCc1nn(C)c2c1[nH]c(=S)n2C1C2C3CCC(C3)C21. The van der Waals surface area contributed by atoms with Gasteiger partial charge in [-0.2, -0.15) is 5.10 Å². The zero-order valence-corrected chi connectivity index (χ0v) is 13.5. The highest BCUT2D eigenvalue weighted by Gasteiger charge is 2.66. The molecule has 5 rings (SSSR count). The first-order valence-electron chi connectivity index (χ1n) is 8.36. The molecule has 3 fully saturated rings. The number of nitrogens with one attached hydrogen (secondary N) is 1. The van der Waals surface area contributed by atoms with Crippen LogP contribution < -0.4 is 0 Å². The molecule has 5 heteroatoms. The number of hydrogen-bond donors (Lipinski definition) is 1. The zero-order valence-electron chi connectivity index (χ0n) is 12.7. The minimum Gasteiger partial charge on any atom is -0.328 e. The molecule has 0 spiro atoms. The highest BCUT2D eigenvalue weighted by atomic mass is 32.1. The van der Waals surface area contributed by atoms with Gasteiger partial charge in [0.2, 0.25) is 0 Å². The topological polar surface area (TPSA) is 38.5 Å². The van der Waals surface area contributed by atoms with E-state index in [4.69, 9.17) is 17.3 Å². The Balaban J connectivity index is 1.64. The second-order valence-corrected chi connectivity index (χ2v) is 7.68. The number of aromatic amines is 1. The fraction of sp³-hybridized carbons (Fsp3) is 0.750. The van der Waals surface area contributed by atoms with Crippen molar-refractivity contribution in [2.24, 2.45) is 30.7 Å². The van der Waals surface area contributed by atoms with Gasteiger partial charge in [0.25, 0.3) is 0 Å². The van der Waals surface area contributed by atoms with Gasteiger partial charge >= 0.3 is 0 Å². The molecule has 1 N–H and O–H groups in total. The Kier molecular flexibility index (Phi) is 2.37. The first kappa shape index (κ1) is 12.4. The van der Waals surface area contributed by atoms with E-state index < -0.39 is 0 Å². The first-order valence-corrected chi connectivity index (χ1v) is 8.77. The van der Waals surface area contributed by atoms with Crippen molar-refractivity contribution in [3.05, 3.63) is 10.5 Å². The Bertz CT molecular complexity index is 766. The molecule has 3 aliphatic carbocycles. The lowest BCUT2D eigenvalue weighted by atomic mass is 10.0. The molecule has 2 bridgehead atoms. The summed E-state index contributed by atoms with van der Waals surface area (Å²) in [6.07, 6.45) is 6.54. The van der Waals surface area contributed by atoms with Crippen molar-refractivity contribution in [2.75, 3.05) is 0 Å². The number of imidazole rings is 1. The molecule has 4 unspecified atom stereocenters. The number of nitrogens with zero attached hydrogens (tertiary/aromatic N) is 3. The van der Waals surface area contributed by atoms with E-state index in [9.17, 15) is 0 Å². The van der Waals surface area contributed by atoms with E-state index in [1.54, 1.807) is 0 Å². The standard InChI is InChI=1S/C16H22N4S/c1-3-4-10-13-15(19(2)18-10)20(16(21)17-13)14-11-8-5-6-9(7-8)12(11)14/h8-9,11-12,14H,3-7H2,1-2H3,(H,17,21). The molecular weight excluding hydrogens is 280 g/mol. The van der Waals surface area contributed by atoms with E-state index in [1.807, 2.05) is 4.68 Å². The Morgan fingerprint density at radius 3 is 2.67 bits per heavy atom. The van der Waals surface area contributed by atoms with Crippen LogP contribution in [0.1, 0.15) is 44.3 Å². The molecule has 21 heavy (non-hydrogen) atoms. The van der Waals surface area contributed by atoms with Crippen LogP contribution in [0, 0.1) is 28.4 Å². The average molecular weight is 302 g/mol. The first-order chi connectivity index (χ1) is 10.2. The molecule has 4 atom stereocenters. The summed E-state index contributed by atoms with van der Waals surface area (Å²) >= 11 is 5.67. The number of aromatic nitrogens is 4. The Labute approximate surface area is 129 Å². The highest BCUT2D eigenvalue weighted by Crippen LogP contribution is 2.71. The summed E-state index contributed by atoms with van der Waals surface area (Å²) in [7, 11) is 2.06. The van der Waals surface area contributed by atoms with Gasteiger partial charge in [0.05, 0.1) is 5.69 Å². The molecule has 0 saturated heterocycles. The molecule has 2 heterocycles. The number of fused-ring (bicyclic) bond motifs is 6. The Morgan fingerprint density at radius 2 is 2.00 bits per heavy atom. The lowest BCUT2D eigenvalue weighted by molar-refractivity contribution is 0.453. The van der Waals surface area contributed by atoms with E-state index in [2.05, 4.69) is 23.5 Å². The van der Waals surface area contributed by atoms with E-state index in [1.165, 1.54) is 36.1 Å². The molecule has 3 saturated carbocycles. The third-order valence-corrected chi connectivity index (χ3v) is 6.55. The monoisotopic (exact) mass is 302 g/mol. The van der Waals surface area contributed by atoms with Crippen LogP contribution in [0.25, 0.3) is 11.2 Å². The average Bonchev–Trinajstić information content (AvgIpc) is 2.83. The van der Waals surface area contributed by atoms with Crippen molar-refractivity contribution in [3.8, 4) is 0 Å². The normalized spacial score (nSPS) is 36.6. The maximum absolute atomic E-state index is 5.67. The van der Waals surface area contributed by atoms with Crippen molar-refractivity contribution in [2.45, 2.75) is 45.1 Å². The molecule has 0 amide bonds. The van der Waals surface area contributed by atoms with Crippen LogP contribution in [0.15, 0.2) is 0 Å². The summed E-state index contributed by atoms with van der Waals surface area (Å²) in [4.78, 5) is 3.46. The molecule has 4 nitrogen and oxygen atoms in total. The molecule has 0 aliphatic heterocycles. The lowest BCUT2D eigenvalue weighted by Gasteiger charge is -2.11. The van der Waals surface area contributed by atoms with Crippen LogP contribution in [-0.2, 0) is 13.5 Å². The number of hydrogen-bond acceptors (Lipinski definition) is 2. The van der Waals surface area contributed by atoms with Gasteiger partial charge in [-0.25, -0.2) is 0 Å². The number of aryl methyl sites for hydroxylation is 2. The summed E-state index contributed by atoms with van der Waals surface area (Å²) in [5.74, 6) is 3.75. The second kappa shape index (κ2) is 4.00. The number of H-pyrrole nitrogens is 1. The maximum atomic E-state index is 5.67. The van der Waals surface area contributed by atoms with Crippen LogP contribution >= 0.6 is 12.2 Å². The largest absolute Gasteiger partial charge is 0.328 e. The quantitative estimate of drug-likeness (QED) is 0.880. The minimum atomic E-state index is 0.655. The fourth-order valence-corrected chi connectivity index (χ4v) is 5.86. The summed E-state index contributed by atoms with van der Waals surface area (Å²) in [5, 5.41) is 4.72. The van der Waals surface area contributed by atoms with E-state index in [-0.39, 0.29) is 0 Å². The van der Waals surface area contributed by atoms with Crippen LogP contribution in [0.3, 0.4) is 0 Å². The van der Waals surface area contributed by atoms with Crippen LogP contribution in [0.5, 0.6) is 0 Å². The Hall–Kier alpha value is -1.10. The lowest BCUT2D eigenvalue weighted by Crippen LogP contribution is -2.07. The predicted molar refractivity (Wildman–Crippen MR) is 84.7 cm³/mol. The second-order valence-electron chi connectivity index (χ2n) is 7.30. The molecule has 2 aromatic heterocycles. The van der Waals surface area contributed by atoms with Crippen molar-refractivity contribution >= 4 is 23.4 Å². The summed E-state index contributed by atoms with van der Waals surface area (Å²) in [6, 6.07) is 0.655. The molecule has 3 aliphatic rings. The molecule has 0 radical (unpaired) electrons. The minimum absolute atomic E-state index is 0.655. The molecular formula is C16H22N4S.